The summed E-state index contributed by atoms with van der Waals surface area (Å²) in [6.07, 6.45) is -1.30. The van der Waals surface area contributed by atoms with Gasteiger partial charge in [-0.2, -0.15) is 0 Å². The Bertz CT molecular complexity index is 408. The number of nitrogens with one attached hydrogen (secondary N) is 1. The van der Waals surface area contributed by atoms with Gasteiger partial charge in [0.05, 0.1) is 12.2 Å². The molecule has 1 aromatic rings. The summed E-state index contributed by atoms with van der Waals surface area (Å²) < 4.78 is 0. The van der Waals surface area contributed by atoms with Crippen molar-refractivity contribution >= 4 is 23.2 Å². The lowest BCUT2D eigenvalue weighted by Crippen LogP contribution is -2.49. The summed E-state index contributed by atoms with van der Waals surface area (Å²) >= 11 is 11.9. The Balaban J connectivity index is 2.71. The standard InChI is InChI=1S/C13H19Cl2NO2/c1-8(17)13(2,3)16-7-12(18)10-6-9(14)4-5-11(10)15/h4-6,8,12,16-18H,7H2,1-3H3. The Morgan fingerprint density at radius 3 is 2.44 bits per heavy atom. The van der Waals surface area contributed by atoms with E-state index in [-0.39, 0.29) is 6.54 Å². The van der Waals surface area contributed by atoms with E-state index in [0.29, 0.717) is 15.6 Å². The molecule has 5 heteroatoms. The maximum absolute atomic E-state index is 10.1. The SMILES string of the molecule is CC(O)C(C)(C)NCC(O)c1cc(Cl)ccc1Cl. The lowest BCUT2D eigenvalue weighted by Gasteiger charge is -2.30. The van der Waals surface area contributed by atoms with Crippen LogP contribution in [0.2, 0.25) is 10.0 Å². The average molecular weight is 292 g/mol. The molecule has 102 valence electrons. The van der Waals surface area contributed by atoms with E-state index in [4.69, 9.17) is 23.2 Å². The Hall–Kier alpha value is -0.320. The van der Waals surface area contributed by atoms with Gasteiger partial charge in [0.2, 0.25) is 0 Å². The molecule has 0 aromatic heterocycles. The second kappa shape index (κ2) is 6.22. The molecule has 2 atom stereocenters. The van der Waals surface area contributed by atoms with E-state index in [0.717, 1.165) is 0 Å². The zero-order valence-corrected chi connectivity index (χ0v) is 12.3. The van der Waals surface area contributed by atoms with Crippen molar-refractivity contribution in [2.45, 2.75) is 38.5 Å². The number of rotatable bonds is 5. The number of aliphatic hydroxyl groups excluding tert-OH is 2. The molecule has 3 N–H and O–H groups in total. The molecule has 0 spiro atoms. The minimum absolute atomic E-state index is 0.290. The first-order chi connectivity index (χ1) is 8.24. The maximum atomic E-state index is 10.1. The van der Waals surface area contributed by atoms with Crippen LogP contribution in [0.4, 0.5) is 0 Å². The summed E-state index contributed by atoms with van der Waals surface area (Å²) in [5.41, 5.74) is 0.101. The van der Waals surface area contributed by atoms with Gasteiger partial charge in [0.25, 0.3) is 0 Å². The van der Waals surface area contributed by atoms with Crippen LogP contribution in [0.1, 0.15) is 32.4 Å². The zero-order valence-electron chi connectivity index (χ0n) is 10.7. The molecule has 1 rings (SSSR count). The second-order valence-electron chi connectivity index (χ2n) is 4.96. The van der Waals surface area contributed by atoms with Gasteiger partial charge in [0.15, 0.2) is 0 Å². The maximum Gasteiger partial charge on any atom is 0.0929 e. The van der Waals surface area contributed by atoms with Crippen LogP contribution < -0.4 is 5.32 Å². The molecule has 18 heavy (non-hydrogen) atoms. The molecule has 0 aliphatic heterocycles. The van der Waals surface area contributed by atoms with Gasteiger partial charge in [-0.05, 0) is 39.0 Å². The fourth-order valence-electron chi connectivity index (χ4n) is 1.39. The third-order valence-electron chi connectivity index (χ3n) is 3.11. The largest absolute Gasteiger partial charge is 0.392 e. The number of β-amino-alcohol motifs (C(OH)–C–C–N with tert-alkyl or cyclic N) is 1. The highest BCUT2D eigenvalue weighted by molar-refractivity contribution is 6.33. The average Bonchev–Trinajstić information content (AvgIpc) is 2.29. The normalized spacial score (nSPS) is 15.5. The van der Waals surface area contributed by atoms with E-state index >= 15 is 0 Å². The predicted octanol–water partition coefficient (Wildman–Crippen LogP) is 2.78. The molecule has 1 aromatic carbocycles. The Morgan fingerprint density at radius 2 is 1.89 bits per heavy atom. The highest BCUT2D eigenvalue weighted by atomic mass is 35.5. The number of hydrogen-bond donors (Lipinski definition) is 3. The van der Waals surface area contributed by atoms with Crippen molar-refractivity contribution in [1.82, 2.24) is 5.32 Å². The van der Waals surface area contributed by atoms with E-state index in [1.807, 2.05) is 13.8 Å². The minimum atomic E-state index is -0.769. The topological polar surface area (TPSA) is 52.5 Å². The van der Waals surface area contributed by atoms with Crippen LogP contribution in [-0.4, -0.2) is 28.4 Å². The Morgan fingerprint density at radius 1 is 1.28 bits per heavy atom. The summed E-state index contributed by atoms with van der Waals surface area (Å²) in [6, 6.07) is 4.97. The smallest absolute Gasteiger partial charge is 0.0929 e. The summed E-state index contributed by atoms with van der Waals surface area (Å²) in [7, 11) is 0. The lowest BCUT2D eigenvalue weighted by molar-refractivity contribution is 0.0804. The summed E-state index contributed by atoms with van der Waals surface area (Å²) in [5.74, 6) is 0. The first kappa shape index (κ1) is 15.7. The third-order valence-corrected chi connectivity index (χ3v) is 3.69. The fraction of sp³-hybridized carbons (Fsp3) is 0.538. The Labute approximate surface area is 118 Å². The lowest BCUT2D eigenvalue weighted by atomic mass is 9.98. The van der Waals surface area contributed by atoms with E-state index in [1.165, 1.54) is 0 Å². The number of halogens is 2. The highest BCUT2D eigenvalue weighted by Crippen LogP contribution is 2.26. The van der Waals surface area contributed by atoms with Crippen LogP contribution in [0.5, 0.6) is 0 Å². The van der Waals surface area contributed by atoms with E-state index in [9.17, 15) is 10.2 Å². The van der Waals surface area contributed by atoms with Crippen LogP contribution in [0.15, 0.2) is 18.2 Å². The predicted molar refractivity (Wildman–Crippen MR) is 75.2 cm³/mol. The fourth-order valence-corrected chi connectivity index (χ4v) is 1.81. The van der Waals surface area contributed by atoms with Gasteiger partial charge in [-0.15, -0.1) is 0 Å². The third kappa shape index (κ3) is 4.11. The number of aliphatic hydroxyl groups is 2. The first-order valence-electron chi connectivity index (χ1n) is 5.80. The summed E-state index contributed by atoms with van der Waals surface area (Å²) in [4.78, 5) is 0. The van der Waals surface area contributed by atoms with Crippen LogP contribution in [0.3, 0.4) is 0 Å². The van der Waals surface area contributed by atoms with Gasteiger partial charge in [-0.3, -0.25) is 0 Å². The number of benzene rings is 1. The van der Waals surface area contributed by atoms with Crippen molar-refractivity contribution in [3.63, 3.8) is 0 Å². The molecule has 0 aliphatic carbocycles. The van der Waals surface area contributed by atoms with Gasteiger partial charge in [0.1, 0.15) is 0 Å². The quantitative estimate of drug-likeness (QED) is 0.782. The highest BCUT2D eigenvalue weighted by Gasteiger charge is 2.24. The van der Waals surface area contributed by atoms with Gasteiger partial charge < -0.3 is 15.5 Å². The van der Waals surface area contributed by atoms with E-state index < -0.39 is 17.7 Å². The van der Waals surface area contributed by atoms with Gasteiger partial charge in [-0.25, -0.2) is 0 Å². The van der Waals surface area contributed by atoms with Gasteiger partial charge >= 0.3 is 0 Å². The number of hydrogen-bond acceptors (Lipinski definition) is 3. The summed E-state index contributed by atoms with van der Waals surface area (Å²) in [5, 5.41) is 23.8. The molecule has 0 fully saturated rings. The molecule has 0 amide bonds. The molecule has 0 saturated heterocycles. The van der Waals surface area contributed by atoms with Crippen molar-refractivity contribution in [2.75, 3.05) is 6.54 Å². The van der Waals surface area contributed by atoms with Gasteiger partial charge in [0, 0.05) is 27.7 Å². The van der Waals surface area contributed by atoms with Gasteiger partial charge in [-0.1, -0.05) is 23.2 Å². The molecule has 2 unspecified atom stereocenters. The minimum Gasteiger partial charge on any atom is -0.392 e. The zero-order chi connectivity index (χ0) is 13.9. The van der Waals surface area contributed by atoms with Crippen molar-refractivity contribution in [3.05, 3.63) is 33.8 Å². The molecular weight excluding hydrogens is 273 g/mol. The van der Waals surface area contributed by atoms with Crippen LogP contribution in [-0.2, 0) is 0 Å². The molecule has 0 aliphatic rings. The monoisotopic (exact) mass is 291 g/mol. The van der Waals surface area contributed by atoms with E-state index in [2.05, 4.69) is 5.32 Å². The summed E-state index contributed by atoms with van der Waals surface area (Å²) in [6.45, 7) is 5.72. The molecule has 0 heterocycles. The van der Waals surface area contributed by atoms with Crippen molar-refractivity contribution in [1.29, 1.82) is 0 Å². The van der Waals surface area contributed by atoms with Crippen molar-refractivity contribution in [3.8, 4) is 0 Å². The molecule has 0 bridgehead atoms. The van der Waals surface area contributed by atoms with Crippen LogP contribution in [0.25, 0.3) is 0 Å². The Kier molecular flexibility index (Phi) is 5.44. The molecule has 0 saturated carbocycles. The first-order valence-corrected chi connectivity index (χ1v) is 6.55. The van der Waals surface area contributed by atoms with E-state index in [1.54, 1.807) is 25.1 Å². The molecule has 3 nitrogen and oxygen atoms in total. The van der Waals surface area contributed by atoms with Crippen LogP contribution in [0, 0.1) is 0 Å². The van der Waals surface area contributed by atoms with Crippen LogP contribution >= 0.6 is 23.2 Å². The molecule has 0 radical (unpaired) electrons. The molecular formula is C13H19Cl2NO2. The van der Waals surface area contributed by atoms with Crippen molar-refractivity contribution in [2.24, 2.45) is 0 Å². The van der Waals surface area contributed by atoms with Crippen molar-refractivity contribution < 1.29 is 10.2 Å². The second-order valence-corrected chi connectivity index (χ2v) is 5.80.